The quantitative estimate of drug-likeness (QED) is 0.402. The summed E-state index contributed by atoms with van der Waals surface area (Å²) in [5.74, 6) is 0.539. The van der Waals surface area contributed by atoms with Crippen LogP contribution in [0, 0.1) is 24.0 Å². The third kappa shape index (κ3) is 2.31. The van der Waals surface area contributed by atoms with Crippen LogP contribution >= 0.6 is 0 Å². The first-order valence-corrected chi connectivity index (χ1v) is 8.08. The Hall–Kier alpha value is -3.37. The minimum atomic E-state index is -0.396. The Labute approximate surface area is 147 Å². The van der Waals surface area contributed by atoms with Crippen LogP contribution in [0.4, 0.5) is 5.69 Å². The van der Waals surface area contributed by atoms with Crippen LogP contribution in [-0.4, -0.2) is 44.1 Å². The van der Waals surface area contributed by atoms with Gasteiger partial charge in [-0.25, -0.2) is 14.5 Å². The molecule has 1 atom stereocenters. The van der Waals surface area contributed by atoms with E-state index >= 15 is 0 Å². The number of aromatic nitrogens is 8. The molecule has 4 heterocycles. The zero-order chi connectivity index (χ0) is 18.6. The number of fused-ring (bicyclic) bond motifs is 3. The van der Waals surface area contributed by atoms with Gasteiger partial charge in [0.15, 0.2) is 17.1 Å². The average Bonchev–Trinajstić information content (AvgIpc) is 3.24. The lowest BCUT2D eigenvalue weighted by atomic mass is 10.1. The standard InChI is InChI=1S/C15H17N9O2/c1-8(6-22-10(3)12(24(25)26)9(2)19-22)13-18-15-11-5-17-21(4)14(11)16-7-23(15)20-13/h5,7-8H,6H2,1-4H3/t8-/m1/s1. The molecule has 0 aliphatic rings. The van der Waals surface area contributed by atoms with Crippen molar-refractivity contribution in [1.29, 1.82) is 0 Å². The molecule has 26 heavy (non-hydrogen) atoms. The predicted molar refractivity (Wildman–Crippen MR) is 91.8 cm³/mol. The van der Waals surface area contributed by atoms with Gasteiger partial charge in [0.25, 0.3) is 0 Å². The average molecular weight is 355 g/mol. The molecule has 0 saturated carbocycles. The molecule has 4 rings (SSSR count). The van der Waals surface area contributed by atoms with Gasteiger partial charge in [-0.05, 0) is 13.8 Å². The summed E-state index contributed by atoms with van der Waals surface area (Å²) in [6.07, 6.45) is 3.32. The zero-order valence-corrected chi connectivity index (χ0v) is 14.8. The number of rotatable bonds is 4. The molecule has 0 unspecified atom stereocenters. The molecule has 0 radical (unpaired) electrons. The molecule has 4 aromatic heterocycles. The van der Waals surface area contributed by atoms with Crippen LogP contribution in [0.2, 0.25) is 0 Å². The van der Waals surface area contributed by atoms with E-state index in [2.05, 4.69) is 25.3 Å². The van der Waals surface area contributed by atoms with Crippen LogP contribution in [0.5, 0.6) is 0 Å². The molecule has 0 bridgehead atoms. The highest BCUT2D eigenvalue weighted by atomic mass is 16.6. The van der Waals surface area contributed by atoms with Gasteiger partial charge in [0.1, 0.15) is 17.7 Å². The van der Waals surface area contributed by atoms with Gasteiger partial charge in [-0.3, -0.25) is 19.5 Å². The summed E-state index contributed by atoms with van der Waals surface area (Å²) in [7, 11) is 1.82. The SMILES string of the molecule is Cc1nn(C[C@@H](C)c2nc3c4cnn(C)c4ncn3n2)c(C)c1[N+](=O)[O-]. The molecule has 0 aliphatic heterocycles. The summed E-state index contributed by atoms with van der Waals surface area (Å²) in [5, 5.41) is 25.0. The number of nitrogens with zero attached hydrogens (tertiary/aromatic N) is 9. The molecular formula is C15H17N9O2. The lowest BCUT2D eigenvalue weighted by Gasteiger charge is -2.08. The zero-order valence-electron chi connectivity index (χ0n) is 14.8. The van der Waals surface area contributed by atoms with Gasteiger partial charge in [0.2, 0.25) is 0 Å². The largest absolute Gasteiger partial charge is 0.312 e. The monoisotopic (exact) mass is 355 g/mol. The summed E-state index contributed by atoms with van der Waals surface area (Å²) in [5.41, 5.74) is 2.41. The Bertz CT molecular complexity index is 1150. The molecule has 0 amide bonds. The van der Waals surface area contributed by atoms with E-state index in [0.717, 1.165) is 11.0 Å². The fourth-order valence-corrected chi connectivity index (χ4v) is 3.13. The van der Waals surface area contributed by atoms with Crippen LogP contribution in [0.25, 0.3) is 16.7 Å². The number of nitro groups is 1. The molecular weight excluding hydrogens is 338 g/mol. The summed E-state index contributed by atoms with van der Waals surface area (Å²) in [4.78, 5) is 19.7. The van der Waals surface area contributed by atoms with Crippen molar-refractivity contribution in [2.24, 2.45) is 7.05 Å². The molecule has 0 fully saturated rings. The normalized spacial score (nSPS) is 12.9. The van der Waals surface area contributed by atoms with E-state index in [1.54, 1.807) is 40.3 Å². The number of hydrogen-bond donors (Lipinski definition) is 0. The predicted octanol–water partition coefficient (Wildman–Crippen LogP) is 1.54. The minimum Gasteiger partial charge on any atom is -0.262 e. The van der Waals surface area contributed by atoms with Gasteiger partial charge in [-0.1, -0.05) is 6.92 Å². The van der Waals surface area contributed by atoms with E-state index in [9.17, 15) is 10.1 Å². The Morgan fingerprint density at radius 1 is 1.27 bits per heavy atom. The van der Waals surface area contributed by atoms with Gasteiger partial charge in [-0.15, -0.1) is 5.10 Å². The third-order valence-corrected chi connectivity index (χ3v) is 4.50. The van der Waals surface area contributed by atoms with E-state index in [4.69, 9.17) is 0 Å². The summed E-state index contributed by atoms with van der Waals surface area (Å²) in [6.45, 7) is 5.75. The van der Waals surface area contributed by atoms with Gasteiger partial charge in [0.05, 0.1) is 23.1 Å². The highest BCUT2D eigenvalue weighted by molar-refractivity contribution is 5.88. The van der Waals surface area contributed by atoms with Crippen molar-refractivity contribution < 1.29 is 4.92 Å². The van der Waals surface area contributed by atoms with Crippen molar-refractivity contribution in [3.8, 4) is 0 Å². The second-order valence-corrected chi connectivity index (χ2v) is 6.35. The number of hydrogen-bond acceptors (Lipinski definition) is 7. The molecule has 0 saturated heterocycles. The fraction of sp³-hybridized carbons (Fsp3) is 0.400. The fourth-order valence-electron chi connectivity index (χ4n) is 3.13. The molecule has 0 spiro atoms. The maximum atomic E-state index is 11.2. The van der Waals surface area contributed by atoms with E-state index in [1.807, 2.05) is 14.0 Å². The van der Waals surface area contributed by atoms with Crippen LogP contribution in [0.3, 0.4) is 0 Å². The van der Waals surface area contributed by atoms with Crippen molar-refractivity contribution in [2.45, 2.75) is 33.2 Å². The molecule has 0 N–H and O–H groups in total. The summed E-state index contributed by atoms with van der Waals surface area (Å²) in [6, 6.07) is 0. The topological polar surface area (TPSA) is 122 Å². The highest BCUT2D eigenvalue weighted by Crippen LogP contribution is 2.25. The lowest BCUT2D eigenvalue weighted by molar-refractivity contribution is -0.386. The van der Waals surface area contributed by atoms with Crippen molar-refractivity contribution >= 4 is 22.4 Å². The summed E-state index contributed by atoms with van der Waals surface area (Å²) < 4.78 is 4.95. The summed E-state index contributed by atoms with van der Waals surface area (Å²) >= 11 is 0. The molecule has 134 valence electrons. The first-order valence-electron chi connectivity index (χ1n) is 8.08. The smallest absolute Gasteiger partial charge is 0.262 e. The van der Waals surface area contributed by atoms with Crippen LogP contribution in [-0.2, 0) is 13.6 Å². The van der Waals surface area contributed by atoms with Gasteiger partial charge in [-0.2, -0.15) is 10.2 Å². The Morgan fingerprint density at radius 3 is 2.73 bits per heavy atom. The Morgan fingerprint density at radius 2 is 2.04 bits per heavy atom. The maximum absolute atomic E-state index is 11.2. The van der Waals surface area contributed by atoms with Crippen molar-refractivity contribution in [3.05, 3.63) is 39.9 Å². The Kier molecular flexibility index (Phi) is 3.46. The van der Waals surface area contributed by atoms with E-state index in [-0.39, 0.29) is 11.6 Å². The minimum absolute atomic E-state index is 0.0569. The molecule has 0 aromatic carbocycles. The van der Waals surface area contributed by atoms with Gasteiger partial charge < -0.3 is 0 Å². The lowest BCUT2D eigenvalue weighted by Crippen LogP contribution is -2.11. The Balaban J connectivity index is 1.71. The van der Waals surface area contributed by atoms with Crippen LogP contribution < -0.4 is 0 Å². The van der Waals surface area contributed by atoms with Crippen LogP contribution in [0.15, 0.2) is 12.5 Å². The third-order valence-electron chi connectivity index (χ3n) is 4.50. The second kappa shape index (κ2) is 5.58. The number of aryl methyl sites for hydroxylation is 2. The molecule has 11 nitrogen and oxygen atoms in total. The molecule has 4 aromatic rings. The molecule has 11 heteroatoms. The van der Waals surface area contributed by atoms with Crippen molar-refractivity contribution in [2.75, 3.05) is 0 Å². The molecule has 0 aliphatic carbocycles. The van der Waals surface area contributed by atoms with Crippen molar-refractivity contribution in [1.82, 2.24) is 39.1 Å². The highest BCUT2D eigenvalue weighted by Gasteiger charge is 2.24. The van der Waals surface area contributed by atoms with E-state index in [1.165, 1.54) is 0 Å². The van der Waals surface area contributed by atoms with Gasteiger partial charge in [0, 0.05) is 13.0 Å². The second-order valence-electron chi connectivity index (χ2n) is 6.35. The first kappa shape index (κ1) is 16.1. The first-order chi connectivity index (χ1) is 12.4. The van der Waals surface area contributed by atoms with E-state index in [0.29, 0.717) is 29.4 Å². The van der Waals surface area contributed by atoms with Crippen molar-refractivity contribution in [3.63, 3.8) is 0 Å². The van der Waals surface area contributed by atoms with E-state index < -0.39 is 4.92 Å². The van der Waals surface area contributed by atoms with Crippen LogP contribution in [0.1, 0.15) is 30.1 Å². The maximum Gasteiger partial charge on any atom is 0.312 e. The van der Waals surface area contributed by atoms with Gasteiger partial charge >= 0.3 is 5.69 Å².